The smallest absolute Gasteiger partial charge is 0.349 e. The molecule has 0 atom stereocenters. The molecule has 1 N–H and O–H groups in total. The number of nitrogens with one attached hydrogen (secondary N) is 1. The van der Waals surface area contributed by atoms with Crippen molar-refractivity contribution in [3.63, 3.8) is 0 Å². The summed E-state index contributed by atoms with van der Waals surface area (Å²) in [7, 11) is 0. The van der Waals surface area contributed by atoms with Gasteiger partial charge >= 0.3 is 5.69 Å². The molecule has 0 bridgehead atoms. The Balaban J connectivity index is 1.46. The molecule has 31 heavy (non-hydrogen) atoms. The first-order valence-electron chi connectivity index (χ1n) is 10.4. The molecule has 0 saturated heterocycles. The van der Waals surface area contributed by atoms with Gasteiger partial charge in [0, 0.05) is 16.9 Å². The molecule has 162 valence electrons. The van der Waals surface area contributed by atoms with Gasteiger partial charge in [-0.25, -0.2) is 4.79 Å². The maximum Gasteiger partial charge on any atom is 0.349 e. The second-order valence-electron chi connectivity index (χ2n) is 7.29. The fourth-order valence-electron chi connectivity index (χ4n) is 3.72. The maximum atomic E-state index is 12.7. The number of hydrogen-bond donors (Lipinski definition) is 1. The third-order valence-electron chi connectivity index (χ3n) is 5.13. The van der Waals surface area contributed by atoms with Gasteiger partial charge in [0.2, 0.25) is 5.91 Å². The quantitative estimate of drug-likeness (QED) is 0.423. The number of carbonyl (C=O) groups excluding carboxylic acids is 1. The minimum absolute atomic E-state index is 0.139. The molecule has 7 nitrogen and oxygen atoms in total. The van der Waals surface area contributed by atoms with Crippen molar-refractivity contribution in [3.8, 4) is 5.75 Å². The highest BCUT2D eigenvalue weighted by molar-refractivity contribution is 8.00. The molecule has 1 aliphatic carbocycles. The first-order valence-corrected chi connectivity index (χ1v) is 11.4. The van der Waals surface area contributed by atoms with Crippen molar-refractivity contribution in [2.75, 3.05) is 17.7 Å². The Morgan fingerprint density at radius 1 is 1.23 bits per heavy atom. The highest BCUT2D eigenvalue weighted by Crippen LogP contribution is 2.29. The Labute approximate surface area is 184 Å². The normalized spacial score (nSPS) is 12.9. The van der Waals surface area contributed by atoms with Crippen LogP contribution < -0.4 is 15.7 Å². The number of hydrogen-bond acceptors (Lipinski definition) is 6. The second kappa shape index (κ2) is 9.87. The number of carbonyl (C=O) groups is 1. The molecule has 4 rings (SSSR count). The maximum absolute atomic E-state index is 12.7. The van der Waals surface area contributed by atoms with E-state index in [-0.39, 0.29) is 17.3 Å². The van der Waals surface area contributed by atoms with Gasteiger partial charge in [-0.05, 0) is 69.0 Å². The SMILES string of the molecule is CCOc1ccc(NC(=O)CSc2nc(=O)n(Cc3ccco3)c3c2CCCC3)cc1. The molecule has 0 spiro atoms. The number of amides is 1. The number of nitrogens with zero attached hydrogens (tertiary/aromatic N) is 2. The molecule has 0 aliphatic heterocycles. The van der Waals surface area contributed by atoms with E-state index in [4.69, 9.17) is 9.15 Å². The van der Waals surface area contributed by atoms with Crippen LogP contribution in [-0.2, 0) is 24.2 Å². The number of rotatable bonds is 8. The van der Waals surface area contributed by atoms with Gasteiger partial charge in [-0.3, -0.25) is 9.36 Å². The van der Waals surface area contributed by atoms with Crippen LogP contribution in [-0.4, -0.2) is 27.8 Å². The minimum Gasteiger partial charge on any atom is -0.494 e. The molecule has 1 aliphatic rings. The highest BCUT2D eigenvalue weighted by Gasteiger charge is 2.21. The molecular formula is C23H25N3O4S. The molecule has 2 aromatic heterocycles. The minimum atomic E-state index is -0.300. The number of fused-ring (bicyclic) bond motifs is 1. The third kappa shape index (κ3) is 5.19. The van der Waals surface area contributed by atoms with Gasteiger partial charge in [-0.1, -0.05) is 11.8 Å². The van der Waals surface area contributed by atoms with Gasteiger partial charge in [0.05, 0.1) is 25.2 Å². The Hall–Kier alpha value is -3.00. The van der Waals surface area contributed by atoms with Crippen molar-refractivity contribution >= 4 is 23.4 Å². The van der Waals surface area contributed by atoms with Crippen molar-refractivity contribution in [1.29, 1.82) is 0 Å². The summed E-state index contributed by atoms with van der Waals surface area (Å²) < 4.78 is 12.5. The summed E-state index contributed by atoms with van der Waals surface area (Å²) in [5.74, 6) is 1.54. The average Bonchev–Trinajstić information content (AvgIpc) is 3.29. The summed E-state index contributed by atoms with van der Waals surface area (Å²) in [6, 6.07) is 10.9. The monoisotopic (exact) mass is 439 g/mol. The number of ether oxygens (including phenoxy) is 1. The number of furan rings is 1. The number of thioether (sulfide) groups is 1. The topological polar surface area (TPSA) is 86.4 Å². The fraction of sp³-hybridized carbons (Fsp3) is 0.348. The van der Waals surface area contributed by atoms with E-state index < -0.39 is 0 Å². The van der Waals surface area contributed by atoms with E-state index in [2.05, 4.69) is 10.3 Å². The van der Waals surface area contributed by atoms with Crippen molar-refractivity contribution in [2.24, 2.45) is 0 Å². The lowest BCUT2D eigenvalue weighted by Crippen LogP contribution is -2.30. The first-order chi connectivity index (χ1) is 15.1. The summed E-state index contributed by atoms with van der Waals surface area (Å²) in [6.45, 7) is 2.90. The van der Waals surface area contributed by atoms with Crippen LogP contribution in [0.3, 0.4) is 0 Å². The second-order valence-corrected chi connectivity index (χ2v) is 8.26. The van der Waals surface area contributed by atoms with E-state index in [1.165, 1.54) is 11.8 Å². The summed E-state index contributed by atoms with van der Waals surface area (Å²) in [4.78, 5) is 29.5. The number of aromatic nitrogens is 2. The third-order valence-corrected chi connectivity index (χ3v) is 6.15. The van der Waals surface area contributed by atoms with Crippen LogP contribution in [0, 0.1) is 0 Å². The molecule has 3 aromatic rings. The summed E-state index contributed by atoms with van der Waals surface area (Å²) in [5.41, 5.74) is 2.50. The van der Waals surface area contributed by atoms with Crippen molar-refractivity contribution in [3.05, 3.63) is 70.2 Å². The van der Waals surface area contributed by atoms with Crippen LogP contribution in [0.15, 0.2) is 56.9 Å². The first kappa shape index (κ1) is 21.2. The van der Waals surface area contributed by atoms with Gasteiger partial charge in [0.15, 0.2) is 0 Å². The van der Waals surface area contributed by atoms with Crippen LogP contribution in [0.5, 0.6) is 5.75 Å². The molecular weight excluding hydrogens is 414 g/mol. The highest BCUT2D eigenvalue weighted by atomic mass is 32.2. The van der Waals surface area contributed by atoms with Crippen molar-refractivity contribution in [2.45, 2.75) is 44.2 Å². The zero-order valence-electron chi connectivity index (χ0n) is 17.4. The van der Waals surface area contributed by atoms with Crippen LogP contribution in [0.1, 0.15) is 36.8 Å². The Bertz CT molecular complexity index is 1090. The van der Waals surface area contributed by atoms with Crippen molar-refractivity contribution in [1.82, 2.24) is 9.55 Å². The molecule has 2 heterocycles. The predicted molar refractivity (Wildman–Crippen MR) is 120 cm³/mol. The van der Waals surface area contributed by atoms with Crippen LogP contribution in [0.4, 0.5) is 5.69 Å². The van der Waals surface area contributed by atoms with Gasteiger partial charge < -0.3 is 14.5 Å². The molecule has 0 radical (unpaired) electrons. The predicted octanol–water partition coefficient (Wildman–Crippen LogP) is 3.89. The molecule has 0 saturated carbocycles. The van der Waals surface area contributed by atoms with E-state index in [1.807, 2.05) is 43.3 Å². The van der Waals surface area contributed by atoms with Crippen LogP contribution in [0.2, 0.25) is 0 Å². The van der Waals surface area contributed by atoms with E-state index in [9.17, 15) is 9.59 Å². The van der Waals surface area contributed by atoms with Gasteiger partial charge in [0.25, 0.3) is 0 Å². The average molecular weight is 440 g/mol. The Morgan fingerprint density at radius 3 is 2.77 bits per heavy atom. The Morgan fingerprint density at radius 2 is 2.03 bits per heavy atom. The Kier molecular flexibility index (Phi) is 6.76. The van der Waals surface area contributed by atoms with Crippen LogP contribution in [0.25, 0.3) is 0 Å². The van der Waals surface area contributed by atoms with Crippen LogP contribution >= 0.6 is 11.8 Å². The lowest BCUT2D eigenvalue weighted by Gasteiger charge is -2.22. The summed E-state index contributed by atoms with van der Waals surface area (Å²) in [6.07, 6.45) is 5.40. The molecule has 1 aromatic carbocycles. The summed E-state index contributed by atoms with van der Waals surface area (Å²) in [5, 5.41) is 3.54. The summed E-state index contributed by atoms with van der Waals surface area (Å²) >= 11 is 1.32. The zero-order chi connectivity index (χ0) is 21.6. The van der Waals surface area contributed by atoms with E-state index in [1.54, 1.807) is 10.8 Å². The zero-order valence-corrected chi connectivity index (χ0v) is 18.2. The van der Waals surface area contributed by atoms with Gasteiger partial charge in [-0.2, -0.15) is 4.98 Å². The van der Waals surface area contributed by atoms with E-state index in [0.29, 0.717) is 23.9 Å². The fourth-order valence-corrected chi connectivity index (χ4v) is 4.60. The van der Waals surface area contributed by atoms with Gasteiger partial charge in [-0.15, -0.1) is 0 Å². The largest absolute Gasteiger partial charge is 0.494 e. The van der Waals surface area contributed by atoms with Crippen molar-refractivity contribution < 1.29 is 13.9 Å². The number of anilines is 1. The number of benzene rings is 1. The molecule has 8 heteroatoms. The molecule has 0 fully saturated rings. The van der Waals surface area contributed by atoms with E-state index in [0.717, 1.165) is 48.5 Å². The van der Waals surface area contributed by atoms with E-state index >= 15 is 0 Å². The lowest BCUT2D eigenvalue weighted by molar-refractivity contribution is -0.113. The molecule has 0 unspecified atom stereocenters. The standard InChI is InChI=1S/C23H25N3O4S/c1-2-29-17-11-9-16(10-12-17)24-21(27)15-31-22-19-7-3-4-8-20(19)26(23(28)25-22)14-18-6-5-13-30-18/h5-6,9-13H,2-4,7-8,14-15H2,1H3,(H,24,27). The lowest BCUT2D eigenvalue weighted by atomic mass is 9.97. The van der Waals surface area contributed by atoms with Gasteiger partial charge in [0.1, 0.15) is 16.5 Å². The molecule has 1 amide bonds.